The number of piperidine rings is 1. The van der Waals surface area contributed by atoms with Crippen molar-refractivity contribution in [1.29, 1.82) is 0 Å². The average molecular weight is 435 g/mol. The van der Waals surface area contributed by atoms with Crippen LogP contribution in [0.5, 0.6) is 0 Å². The zero-order chi connectivity index (χ0) is 19.7. The number of aromatic nitrogens is 2. The summed E-state index contributed by atoms with van der Waals surface area (Å²) in [4.78, 5) is 38.7. The first-order valence-corrected chi connectivity index (χ1v) is 9.66. The monoisotopic (exact) mass is 434 g/mol. The van der Waals surface area contributed by atoms with Gasteiger partial charge >= 0.3 is 5.69 Å². The third-order valence-corrected chi connectivity index (χ3v) is 5.63. The Hall–Kier alpha value is -2.35. The van der Waals surface area contributed by atoms with Crippen LogP contribution in [-0.2, 0) is 18.9 Å². The first-order valence-electron chi connectivity index (χ1n) is 8.87. The predicted octanol–water partition coefficient (Wildman–Crippen LogP) is 2.01. The summed E-state index contributed by atoms with van der Waals surface area (Å²) in [7, 11) is 3.13. The third kappa shape index (κ3) is 4.00. The highest BCUT2D eigenvalue weighted by molar-refractivity contribution is 9.10. The van der Waals surface area contributed by atoms with E-state index in [1.54, 1.807) is 7.05 Å². The fourth-order valence-corrected chi connectivity index (χ4v) is 3.87. The Morgan fingerprint density at radius 3 is 2.41 bits per heavy atom. The van der Waals surface area contributed by atoms with Crippen molar-refractivity contribution in [3.63, 3.8) is 0 Å². The highest BCUT2D eigenvalue weighted by atomic mass is 79.9. The van der Waals surface area contributed by atoms with Crippen molar-refractivity contribution in [2.45, 2.75) is 19.8 Å². The van der Waals surface area contributed by atoms with Gasteiger partial charge in [0.15, 0.2) is 0 Å². The first kappa shape index (κ1) is 19.4. The average Bonchev–Trinajstić information content (AvgIpc) is 2.65. The minimum atomic E-state index is -0.344. The molecule has 1 N–H and O–H groups in total. The van der Waals surface area contributed by atoms with E-state index in [0.717, 1.165) is 20.3 Å². The van der Waals surface area contributed by atoms with Crippen LogP contribution in [0, 0.1) is 12.8 Å². The summed E-state index contributed by atoms with van der Waals surface area (Å²) < 4.78 is 3.54. The molecule has 1 aliphatic heterocycles. The van der Waals surface area contributed by atoms with Gasteiger partial charge in [0.2, 0.25) is 5.91 Å². The van der Waals surface area contributed by atoms with Gasteiger partial charge in [0.1, 0.15) is 5.82 Å². The van der Waals surface area contributed by atoms with Gasteiger partial charge in [-0.15, -0.1) is 0 Å². The van der Waals surface area contributed by atoms with Gasteiger partial charge in [-0.3, -0.25) is 18.7 Å². The number of carbonyl (C=O) groups is 1. The number of carbonyl (C=O) groups excluding carboxylic acids is 1. The van der Waals surface area contributed by atoms with Gasteiger partial charge in [0.05, 0.1) is 0 Å². The number of benzene rings is 1. The molecule has 0 aliphatic carbocycles. The summed E-state index contributed by atoms with van der Waals surface area (Å²) in [6, 6.07) is 7.24. The number of rotatable bonds is 3. The van der Waals surface area contributed by atoms with Crippen molar-refractivity contribution < 1.29 is 4.79 Å². The molecule has 1 saturated heterocycles. The molecule has 3 rings (SSSR count). The number of amides is 1. The van der Waals surface area contributed by atoms with Crippen molar-refractivity contribution in [2.75, 3.05) is 23.3 Å². The molecule has 1 aromatic carbocycles. The molecule has 1 amide bonds. The number of hydrogen-bond acceptors (Lipinski definition) is 4. The van der Waals surface area contributed by atoms with Crippen LogP contribution in [0.2, 0.25) is 0 Å². The van der Waals surface area contributed by atoms with Crippen molar-refractivity contribution in [3.8, 4) is 0 Å². The highest BCUT2D eigenvalue weighted by Gasteiger charge is 2.26. The van der Waals surface area contributed by atoms with E-state index < -0.39 is 0 Å². The smallest absolute Gasteiger partial charge is 0.332 e. The first-order chi connectivity index (χ1) is 12.8. The zero-order valence-electron chi connectivity index (χ0n) is 15.7. The van der Waals surface area contributed by atoms with Crippen LogP contribution in [0.25, 0.3) is 0 Å². The summed E-state index contributed by atoms with van der Waals surface area (Å²) in [6.07, 6.45) is 1.34. The third-order valence-electron chi connectivity index (χ3n) is 5.14. The maximum Gasteiger partial charge on any atom is 0.332 e. The molecule has 1 fully saturated rings. The van der Waals surface area contributed by atoms with Gasteiger partial charge in [0.25, 0.3) is 5.56 Å². The normalized spacial score (nSPS) is 15.0. The van der Waals surface area contributed by atoms with Gasteiger partial charge in [0, 0.05) is 49.3 Å². The SMILES string of the molecule is Cc1cc(Br)ccc1NC(=O)C1CCN(c2cc(=O)n(C)c(=O)n2C)CC1. The van der Waals surface area contributed by atoms with Gasteiger partial charge < -0.3 is 10.2 Å². The van der Waals surface area contributed by atoms with E-state index in [2.05, 4.69) is 21.2 Å². The molecule has 144 valence electrons. The summed E-state index contributed by atoms with van der Waals surface area (Å²) in [5, 5.41) is 3.01. The summed E-state index contributed by atoms with van der Waals surface area (Å²) >= 11 is 3.42. The van der Waals surface area contributed by atoms with E-state index in [1.807, 2.05) is 30.0 Å². The molecular weight excluding hydrogens is 412 g/mol. The maximum atomic E-state index is 12.6. The van der Waals surface area contributed by atoms with Gasteiger partial charge in [-0.05, 0) is 43.5 Å². The lowest BCUT2D eigenvalue weighted by molar-refractivity contribution is -0.120. The van der Waals surface area contributed by atoms with E-state index in [1.165, 1.54) is 17.7 Å². The minimum Gasteiger partial charge on any atom is -0.358 e. The van der Waals surface area contributed by atoms with Crippen LogP contribution in [-0.4, -0.2) is 28.1 Å². The van der Waals surface area contributed by atoms with Gasteiger partial charge in [-0.2, -0.15) is 0 Å². The lowest BCUT2D eigenvalue weighted by Crippen LogP contribution is -2.44. The van der Waals surface area contributed by atoms with Crippen LogP contribution in [0.1, 0.15) is 18.4 Å². The van der Waals surface area contributed by atoms with E-state index >= 15 is 0 Å². The molecule has 2 heterocycles. The molecule has 0 bridgehead atoms. The fourth-order valence-electron chi connectivity index (χ4n) is 3.40. The molecule has 0 saturated carbocycles. The van der Waals surface area contributed by atoms with Crippen LogP contribution in [0.3, 0.4) is 0 Å². The molecule has 1 aliphatic rings. The number of anilines is 2. The number of hydrogen-bond donors (Lipinski definition) is 1. The maximum absolute atomic E-state index is 12.6. The Morgan fingerprint density at radius 2 is 1.78 bits per heavy atom. The van der Waals surface area contributed by atoms with Crippen molar-refractivity contribution in [1.82, 2.24) is 9.13 Å². The van der Waals surface area contributed by atoms with Crippen LogP contribution in [0.4, 0.5) is 11.5 Å². The fraction of sp³-hybridized carbons (Fsp3) is 0.421. The van der Waals surface area contributed by atoms with Crippen LogP contribution in [0.15, 0.2) is 38.3 Å². The van der Waals surface area contributed by atoms with E-state index in [0.29, 0.717) is 31.7 Å². The van der Waals surface area contributed by atoms with E-state index in [4.69, 9.17) is 0 Å². The minimum absolute atomic E-state index is 0.0120. The van der Waals surface area contributed by atoms with E-state index in [9.17, 15) is 14.4 Å². The largest absolute Gasteiger partial charge is 0.358 e. The second-order valence-electron chi connectivity index (χ2n) is 6.95. The van der Waals surface area contributed by atoms with Crippen LogP contribution < -0.4 is 21.5 Å². The Morgan fingerprint density at radius 1 is 1.11 bits per heavy atom. The number of aryl methyl sites for hydroxylation is 1. The van der Waals surface area contributed by atoms with Crippen LogP contribution >= 0.6 is 15.9 Å². The standard InChI is InChI=1S/C19H23BrN4O3/c1-12-10-14(20)4-5-15(12)21-18(26)13-6-8-24(9-7-13)16-11-17(25)23(3)19(27)22(16)2/h4-5,10-11,13H,6-9H2,1-3H3,(H,21,26). The Kier molecular flexibility index (Phi) is 5.55. The quantitative estimate of drug-likeness (QED) is 0.801. The Labute approximate surface area is 165 Å². The topological polar surface area (TPSA) is 76.3 Å². The van der Waals surface area contributed by atoms with E-state index in [-0.39, 0.29) is 23.1 Å². The molecule has 27 heavy (non-hydrogen) atoms. The molecule has 1 aromatic heterocycles. The summed E-state index contributed by atoms with van der Waals surface area (Å²) in [5.41, 5.74) is 1.16. The molecule has 2 aromatic rings. The number of nitrogens with one attached hydrogen (secondary N) is 1. The number of halogens is 1. The van der Waals surface area contributed by atoms with Gasteiger partial charge in [-0.25, -0.2) is 4.79 Å². The molecule has 0 spiro atoms. The molecule has 0 unspecified atom stereocenters. The molecule has 7 nitrogen and oxygen atoms in total. The predicted molar refractivity (Wildman–Crippen MR) is 109 cm³/mol. The zero-order valence-corrected chi connectivity index (χ0v) is 17.2. The molecule has 8 heteroatoms. The lowest BCUT2D eigenvalue weighted by atomic mass is 9.95. The van der Waals surface area contributed by atoms with Crippen molar-refractivity contribution >= 4 is 33.3 Å². The summed E-state index contributed by atoms with van der Waals surface area (Å²) in [6.45, 7) is 3.20. The van der Waals surface area contributed by atoms with Crippen molar-refractivity contribution in [3.05, 3.63) is 55.1 Å². The summed E-state index contributed by atoms with van der Waals surface area (Å²) in [5.74, 6) is 0.525. The van der Waals surface area contributed by atoms with Gasteiger partial charge in [-0.1, -0.05) is 15.9 Å². The second kappa shape index (κ2) is 7.72. The number of nitrogens with zero attached hydrogens (tertiary/aromatic N) is 3. The Balaban J connectivity index is 1.68. The second-order valence-corrected chi connectivity index (χ2v) is 7.87. The molecular formula is C19H23BrN4O3. The molecule has 0 atom stereocenters. The highest BCUT2D eigenvalue weighted by Crippen LogP contribution is 2.25. The molecule has 0 radical (unpaired) electrons. The Bertz CT molecular complexity index is 987. The lowest BCUT2D eigenvalue weighted by Gasteiger charge is -2.33. The van der Waals surface area contributed by atoms with Crippen molar-refractivity contribution in [2.24, 2.45) is 20.0 Å².